The Balaban J connectivity index is 1.45. The summed E-state index contributed by atoms with van der Waals surface area (Å²) in [7, 11) is 0. The van der Waals surface area contributed by atoms with Crippen LogP contribution in [0.25, 0.3) is 0 Å². The molecule has 0 atom stereocenters. The Kier molecular flexibility index (Phi) is 5.71. The zero-order valence-corrected chi connectivity index (χ0v) is 14.5. The van der Waals surface area contributed by atoms with E-state index < -0.39 is 0 Å². The number of hydrogen-bond donors (Lipinski definition) is 1. The van der Waals surface area contributed by atoms with Crippen LogP contribution in [0.3, 0.4) is 0 Å². The molecular formula is C19H19FN2O2S. The van der Waals surface area contributed by atoms with E-state index in [0.29, 0.717) is 13.0 Å². The van der Waals surface area contributed by atoms with E-state index in [1.165, 1.54) is 23.9 Å². The van der Waals surface area contributed by atoms with Gasteiger partial charge in [-0.2, -0.15) is 0 Å². The summed E-state index contributed by atoms with van der Waals surface area (Å²) >= 11 is 1.37. The molecule has 0 spiro atoms. The maximum absolute atomic E-state index is 12.8. The summed E-state index contributed by atoms with van der Waals surface area (Å²) in [5.41, 5.74) is 1.89. The molecule has 1 saturated heterocycles. The van der Waals surface area contributed by atoms with Crippen LogP contribution >= 0.6 is 11.8 Å². The maximum atomic E-state index is 12.8. The van der Waals surface area contributed by atoms with Crippen molar-refractivity contribution in [3.8, 4) is 0 Å². The van der Waals surface area contributed by atoms with Gasteiger partial charge in [-0.15, -0.1) is 11.8 Å². The summed E-state index contributed by atoms with van der Waals surface area (Å²) in [6, 6.07) is 13.8. The Labute approximate surface area is 150 Å². The van der Waals surface area contributed by atoms with Gasteiger partial charge in [-0.25, -0.2) is 4.39 Å². The van der Waals surface area contributed by atoms with Gasteiger partial charge in [0.05, 0.1) is 5.75 Å². The second-order valence-corrected chi connectivity index (χ2v) is 6.88. The minimum atomic E-state index is -0.284. The van der Waals surface area contributed by atoms with Crippen molar-refractivity contribution in [1.29, 1.82) is 0 Å². The summed E-state index contributed by atoms with van der Waals surface area (Å²) < 4.78 is 12.8. The number of carbonyl (C=O) groups excluding carboxylic acids is 2. The topological polar surface area (TPSA) is 49.4 Å². The second kappa shape index (κ2) is 8.16. The molecule has 1 N–H and O–H groups in total. The van der Waals surface area contributed by atoms with Gasteiger partial charge in [-0.05, 0) is 48.4 Å². The molecule has 1 aliphatic heterocycles. The van der Waals surface area contributed by atoms with E-state index in [0.717, 1.165) is 29.1 Å². The average Bonchev–Trinajstić information content (AvgIpc) is 3.06. The van der Waals surface area contributed by atoms with Crippen LogP contribution in [-0.2, 0) is 16.1 Å². The molecule has 130 valence electrons. The van der Waals surface area contributed by atoms with Gasteiger partial charge in [0, 0.05) is 30.1 Å². The van der Waals surface area contributed by atoms with Gasteiger partial charge in [0.15, 0.2) is 0 Å². The summed E-state index contributed by atoms with van der Waals surface area (Å²) in [6.45, 7) is 1.21. The Bertz CT molecular complexity index is 747. The first-order valence-corrected chi connectivity index (χ1v) is 9.15. The molecule has 0 aromatic heterocycles. The quantitative estimate of drug-likeness (QED) is 0.806. The molecule has 3 rings (SSSR count). The number of amides is 2. The molecule has 1 fully saturated rings. The third kappa shape index (κ3) is 4.82. The van der Waals surface area contributed by atoms with Gasteiger partial charge in [-0.1, -0.05) is 12.1 Å². The molecular weight excluding hydrogens is 339 g/mol. The highest BCUT2D eigenvalue weighted by molar-refractivity contribution is 8.00. The second-order valence-electron chi connectivity index (χ2n) is 5.83. The fourth-order valence-corrected chi connectivity index (χ4v) is 3.37. The highest BCUT2D eigenvalue weighted by atomic mass is 32.2. The van der Waals surface area contributed by atoms with E-state index in [1.54, 1.807) is 17.0 Å². The lowest BCUT2D eigenvalue weighted by Crippen LogP contribution is -2.25. The van der Waals surface area contributed by atoms with E-state index in [4.69, 9.17) is 0 Å². The van der Waals surface area contributed by atoms with Crippen molar-refractivity contribution in [2.75, 3.05) is 17.2 Å². The lowest BCUT2D eigenvalue weighted by molar-refractivity contribution is -0.119. The molecule has 0 saturated carbocycles. The van der Waals surface area contributed by atoms with Gasteiger partial charge in [-0.3, -0.25) is 9.59 Å². The maximum Gasteiger partial charge on any atom is 0.230 e. The molecule has 2 aromatic rings. The van der Waals surface area contributed by atoms with E-state index in [-0.39, 0.29) is 23.4 Å². The summed E-state index contributed by atoms with van der Waals surface area (Å²) in [6.07, 6.45) is 1.52. The SMILES string of the molecule is O=C(CSc1ccc(F)cc1)NCc1ccc(N2CCCC2=O)cc1. The van der Waals surface area contributed by atoms with Crippen molar-refractivity contribution in [3.63, 3.8) is 0 Å². The van der Waals surface area contributed by atoms with Crippen LogP contribution in [0.2, 0.25) is 0 Å². The monoisotopic (exact) mass is 358 g/mol. The van der Waals surface area contributed by atoms with Crippen LogP contribution in [-0.4, -0.2) is 24.1 Å². The summed E-state index contributed by atoms with van der Waals surface area (Å²) in [5, 5.41) is 2.86. The predicted molar refractivity (Wildman–Crippen MR) is 97.0 cm³/mol. The zero-order chi connectivity index (χ0) is 17.6. The van der Waals surface area contributed by atoms with Gasteiger partial charge in [0.2, 0.25) is 11.8 Å². The number of benzene rings is 2. The summed E-state index contributed by atoms with van der Waals surface area (Å²) in [5.74, 6) is 0.0892. The first-order valence-electron chi connectivity index (χ1n) is 8.16. The third-order valence-electron chi connectivity index (χ3n) is 3.99. The number of halogens is 1. The van der Waals surface area contributed by atoms with Crippen LogP contribution in [0, 0.1) is 5.82 Å². The molecule has 1 heterocycles. The minimum Gasteiger partial charge on any atom is -0.351 e. The molecule has 2 aromatic carbocycles. The Morgan fingerprint density at radius 3 is 2.48 bits per heavy atom. The number of rotatable bonds is 6. The Morgan fingerprint density at radius 1 is 1.12 bits per heavy atom. The van der Waals surface area contributed by atoms with Gasteiger partial charge >= 0.3 is 0 Å². The molecule has 6 heteroatoms. The lowest BCUT2D eigenvalue weighted by atomic mass is 10.2. The van der Waals surface area contributed by atoms with Crippen LogP contribution < -0.4 is 10.2 Å². The highest BCUT2D eigenvalue weighted by Gasteiger charge is 2.21. The predicted octanol–water partition coefficient (Wildman–Crippen LogP) is 3.36. The first-order chi connectivity index (χ1) is 12.1. The van der Waals surface area contributed by atoms with Crippen molar-refractivity contribution in [3.05, 3.63) is 59.9 Å². The van der Waals surface area contributed by atoms with E-state index in [1.807, 2.05) is 24.3 Å². The number of nitrogens with one attached hydrogen (secondary N) is 1. The molecule has 4 nitrogen and oxygen atoms in total. The van der Waals surface area contributed by atoms with Crippen molar-refractivity contribution in [1.82, 2.24) is 5.32 Å². The highest BCUT2D eigenvalue weighted by Crippen LogP contribution is 2.21. The van der Waals surface area contributed by atoms with Crippen molar-refractivity contribution < 1.29 is 14.0 Å². The van der Waals surface area contributed by atoms with E-state index >= 15 is 0 Å². The fourth-order valence-electron chi connectivity index (χ4n) is 2.65. The normalized spacial score (nSPS) is 14.0. The molecule has 1 aliphatic rings. The van der Waals surface area contributed by atoms with Crippen LogP contribution in [0.4, 0.5) is 10.1 Å². The molecule has 25 heavy (non-hydrogen) atoms. The third-order valence-corrected chi connectivity index (χ3v) is 5.01. The smallest absolute Gasteiger partial charge is 0.230 e. The van der Waals surface area contributed by atoms with Crippen molar-refractivity contribution >= 4 is 29.3 Å². The van der Waals surface area contributed by atoms with Crippen LogP contribution in [0.5, 0.6) is 0 Å². The molecule has 2 amide bonds. The molecule has 0 bridgehead atoms. The fraction of sp³-hybridized carbons (Fsp3) is 0.263. The number of anilines is 1. The van der Waals surface area contributed by atoms with E-state index in [2.05, 4.69) is 5.32 Å². The lowest BCUT2D eigenvalue weighted by Gasteiger charge is -2.16. The van der Waals surface area contributed by atoms with Gasteiger partial charge < -0.3 is 10.2 Å². The average molecular weight is 358 g/mol. The van der Waals surface area contributed by atoms with Crippen LogP contribution in [0.15, 0.2) is 53.4 Å². The molecule has 0 unspecified atom stereocenters. The minimum absolute atomic E-state index is 0.0758. The Hall–Kier alpha value is -2.34. The Morgan fingerprint density at radius 2 is 1.84 bits per heavy atom. The molecule has 0 aliphatic carbocycles. The number of carbonyl (C=O) groups is 2. The van der Waals surface area contributed by atoms with Crippen molar-refractivity contribution in [2.45, 2.75) is 24.3 Å². The zero-order valence-electron chi connectivity index (χ0n) is 13.7. The van der Waals surface area contributed by atoms with Crippen molar-refractivity contribution in [2.24, 2.45) is 0 Å². The number of hydrogen-bond acceptors (Lipinski definition) is 3. The standard InChI is InChI=1S/C19H19FN2O2S/c20-15-5-9-17(10-6-15)25-13-18(23)21-12-14-3-7-16(8-4-14)22-11-1-2-19(22)24/h3-10H,1-2,11-13H2,(H,21,23). The van der Waals surface area contributed by atoms with Gasteiger partial charge in [0.1, 0.15) is 5.82 Å². The van der Waals surface area contributed by atoms with Crippen LogP contribution in [0.1, 0.15) is 18.4 Å². The van der Waals surface area contributed by atoms with Gasteiger partial charge in [0.25, 0.3) is 0 Å². The molecule has 0 radical (unpaired) electrons. The number of thioether (sulfide) groups is 1. The number of nitrogens with zero attached hydrogens (tertiary/aromatic N) is 1. The largest absolute Gasteiger partial charge is 0.351 e. The first kappa shape index (κ1) is 17.5. The van der Waals surface area contributed by atoms with E-state index in [9.17, 15) is 14.0 Å². The summed E-state index contributed by atoms with van der Waals surface area (Å²) in [4.78, 5) is 26.3.